The van der Waals surface area contributed by atoms with E-state index in [1.165, 1.54) is 0 Å². The third kappa shape index (κ3) is 2.62. The monoisotopic (exact) mass is 311 g/mol. The summed E-state index contributed by atoms with van der Waals surface area (Å²) in [6, 6.07) is 11.5. The van der Waals surface area contributed by atoms with E-state index in [1.54, 1.807) is 17.4 Å². The Balaban J connectivity index is 2.24. The molecule has 0 saturated carbocycles. The lowest BCUT2D eigenvalue weighted by Crippen LogP contribution is -2.01. The summed E-state index contributed by atoms with van der Waals surface area (Å²) >= 11 is 1.56. The third-order valence-corrected chi connectivity index (χ3v) is 4.91. The first-order valence-electron chi connectivity index (χ1n) is 7.32. The van der Waals surface area contributed by atoms with Gasteiger partial charge in [-0.3, -0.25) is 0 Å². The molecule has 0 aliphatic rings. The van der Waals surface area contributed by atoms with E-state index in [1.807, 2.05) is 35.7 Å². The normalized spacial score (nSPS) is 12.5. The molecule has 0 aliphatic heterocycles. The molecule has 4 heteroatoms. The highest BCUT2D eigenvalue weighted by Crippen LogP contribution is 2.30. The molecule has 0 radical (unpaired) electrons. The van der Waals surface area contributed by atoms with Gasteiger partial charge in [-0.05, 0) is 47.5 Å². The van der Waals surface area contributed by atoms with E-state index in [-0.39, 0.29) is 0 Å². The van der Waals surface area contributed by atoms with E-state index < -0.39 is 5.97 Å². The standard InChI is InChI=1S/C18H17NO2S/c1-3-11(2)12-6-7-15-13(9-12)14(18(20)21)10-16(19-15)17-5-4-8-22-17/h4-11H,3H2,1-2H3,(H,20,21). The number of aromatic nitrogens is 1. The van der Waals surface area contributed by atoms with Crippen LogP contribution in [0.2, 0.25) is 0 Å². The lowest BCUT2D eigenvalue weighted by atomic mass is 9.95. The second kappa shape index (κ2) is 5.89. The van der Waals surface area contributed by atoms with Gasteiger partial charge in [-0.1, -0.05) is 26.0 Å². The van der Waals surface area contributed by atoms with Crippen LogP contribution in [0, 0.1) is 0 Å². The molecular weight excluding hydrogens is 294 g/mol. The first-order chi connectivity index (χ1) is 10.6. The number of pyridine rings is 1. The highest BCUT2D eigenvalue weighted by atomic mass is 32.1. The van der Waals surface area contributed by atoms with E-state index in [2.05, 4.69) is 18.8 Å². The van der Waals surface area contributed by atoms with Crippen LogP contribution in [0.25, 0.3) is 21.5 Å². The maximum absolute atomic E-state index is 11.7. The Labute approximate surface area is 133 Å². The molecule has 1 N–H and O–H groups in total. The molecule has 0 amide bonds. The fourth-order valence-corrected chi connectivity index (χ4v) is 3.20. The molecule has 0 saturated heterocycles. The fraction of sp³-hybridized carbons (Fsp3) is 0.222. The van der Waals surface area contributed by atoms with Crippen molar-refractivity contribution in [2.45, 2.75) is 26.2 Å². The summed E-state index contributed by atoms with van der Waals surface area (Å²) < 4.78 is 0. The van der Waals surface area contributed by atoms with Crippen LogP contribution in [0.4, 0.5) is 0 Å². The number of thiophene rings is 1. The third-order valence-electron chi connectivity index (χ3n) is 4.02. The Morgan fingerprint density at radius 3 is 2.77 bits per heavy atom. The van der Waals surface area contributed by atoms with Crippen molar-refractivity contribution in [3.8, 4) is 10.6 Å². The Kier molecular flexibility index (Phi) is 3.94. The van der Waals surface area contributed by atoms with Gasteiger partial charge in [0.15, 0.2) is 0 Å². The lowest BCUT2D eigenvalue weighted by Gasteiger charge is -2.12. The number of carboxylic acid groups (broad SMARTS) is 1. The van der Waals surface area contributed by atoms with E-state index in [9.17, 15) is 9.90 Å². The Morgan fingerprint density at radius 2 is 2.14 bits per heavy atom. The highest BCUT2D eigenvalue weighted by Gasteiger charge is 2.15. The van der Waals surface area contributed by atoms with Crippen molar-refractivity contribution in [1.82, 2.24) is 4.98 Å². The van der Waals surface area contributed by atoms with Crippen molar-refractivity contribution >= 4 is 28.2 Å². The molecule has 0 bridgehead atoms. The zero-order valence-electron chi connectivity index (χ0n) is 12.5. The SMILES string of the molecule is CCC(C)c1ccc2nc(-c3cccs3)cc(C(=O)O)c2c1. The Hall–Kier alpha value is -2.20. The number of benzene rings is 1. The molecule has 1 aromatic carbocycles. The van der Waals surface area contributed by atoms with Gasteiger partial charge in [0.2, 0.25) is 0 Å². The van der Waals surface area contributed by atoms with Gasteiger partial charge >= 0.3 is 5.97 Å². The van der Waals surface area contributed by atoms with Gasteiger partial charge in [0.05, 0.1) is 21.7 Å². The molecule has 112 valence electrons. The van der Waals surface area contributed by atoms with Crippen LogP contribution in [0.5, 0.6) is 0 Å². The number of rotatable bonds is 4. The lowest BCUT2D eigenvalue weighted by molar-refractivity contribution is 0.0699. The summed E-state index contributed by atoms with van der Waals surface area (Å²) in [5.41, 5.74) is 2.92. The van der Waals surface area contributed by atoms with Crippen LogP contribution >= 0.6 is 11.3 Å². The number of carbonyl (C=O) groups is 1. The zero-order valence-corrected chi connectivity index (χ0v) is 13.4. The maximum Gasteiger partial charge on any atom is 0.336 e. The van der Waals surface area contributed by atoms with Gasteiger partial charge in [-0.2, -0.15) is 0 Å². The number of aromatic carboxylic acids is 1. The first kappa shape index (κ1) is 14.7. The first-order valence-corrected chi connectivity index (χ1v) is 8.20. The number of fused-ring (bicyclic) bond motifs is 1. The number of carboxylic acids is 1. The quantitative estimate of drug-likeness (QED) is 0.722. The highest BCUT2D eigenvalue weighted by molar-refractivity contribution is 7.13. The molecule has 3 rings (SSSR count). The summed E-state index contributed by atoms with van der Waals surface area (Å²) in [6.45, 7) is 4.28. The average molecular weight is 311 g/mol. The molecule has 2 aromatic heterocycles. The minimum atomic E-state index is -0.911. The predicted molar refractivity (Wildman–Crippen MR) is 90.7 cm³/mol. The summed E-state index contributed by atoms with van der Waals surface area (Å²) in [5.74, 6) is -0.505. The summed E-state index contributed by atoms with van der Waals surface area (Å²) in [7, 11) is 0. The zero-order chi connectivity index (χ0) is 15.7. The molecule has 3 nitrogen and oxygen atoms in total. The largest absolute Gasteiger partial charge is 0.478 e. The fourth-order valence-electron chi connectivity index (χ4n) is 2.51. The molecular formula is C18H17NO2S. The second-order valence-electron chi connectivity index (χ2n) is 5.42. The predicted octanol–water partition coefficient (Wildman–Crippen LogP) is 5.18. The van der Waals surface area contributed by atoms with Crippen LogP contribution in [-0.4, -0.2) is 16.1 Å². The summed E-state index contributed by atoms with van der Waals surface area (Å²) in [4.78, 5) is 17.3. The number of nitrogens with zero attached hydrogens (tertiary/aromatic N) is 1. The van der Waals surface area contributed by atoms with Crippen LogP contribution < -0.4 is 0 Å². The van der Waals surface area contributed by atoms with Gasteiger partial charge in [-0.25, -0.2) is 9.78 Å². The van der Waals surface area contributed by atoms with Crippen molar-refractivity contribution < 1.29 is 9.90 Å². The van der Waals surface area contributed by atoms with Crippen LogP contribution in [-0.2, 0) is 0 Å². The van der Waals surface area contributed by atoms with E-state index >= 15 is 0 Å². The molecule has 0 aliphatic carbocycles. The Bertz CT molecular complexity index is 824. The van der Waals surface area contributed by atoms with Gasteiger partial charge in [0, 0.05) is 5.39 Å². The van der Waals surface area contributed by atoms with Crippen LogP contribution in [0.15, 0.2) is 41.8 Å². The molecule has 3 aromatic rings. The topological polar surface area (TPSA) is 50.2 Å². The second-order valence-corrected chi connectivity index (χ2v) is 6.37. The van der Waals surface area contributed by atoms with Crippen molar-refractivity contribution in [1.29, 1.82) is 0 Å². The van der Waals surface area contributed by atoms with Gasteiger partial charge in [0.25, 0.3) is 0 Å². The van der Waals surface area contributed by atoms with Crippen molar-refractivity contribution in [3.63, 3.8) is 0 Å². The van der Waals surface area contributed by atoms with Gasteiger partial charge in [0.1, 0.15) is 0 Å². The van der Waals surface area contributed by atoms with Gasteiger partial charge < -0.3 is 5.11 Å². The van der Waals surface area contributed by atoms with Gasteiger partial charge in [-0.15, -0.1) is 11.3 Å². The maximum atomic E-state index is 11.7. The summed E-state index contributed by atoms with van der Waals surface area (Å²) in [5, 5.41) is 12.2. The van der Waals surface area contributed by atoms with Crippen molar-refractivity contribution in [3.05, 3.63) is 52.9 Å². The minimum absolute atomic E-state index is 0.318. The average Bonchev–Trinajstić information content (AvgIpc) is 3.06. The molecule has 2 heterocycles. The Morgan fingerprint density at radius 1 is 1.32 bits per heavy atom. The smallest absolute Gasteiger partial charge is 0.336 e. The molecule has 1 unspecified atom stereocenters. The molecule has 1 atom stereocenters. The minimum Gasteiger partial charge on any atom is -0.478 e. The molecule has 0 spiro atoms. The molecule has 0 fully saturated rings. The van der Waals surface area contributed by atoms with Crippen LogP contribution in [0.1, 0.15) is 42.1 Å². The van der Waals surface area contributed by atoms with Crippen LogP contribution in [0.3, 0.4) is 0 Å². The van der Waals surface area contributed by atoms with Crippen molar-refractivity contribution in [2.75, 3.05) is 0 Å². The molecule has 22 heavy (non-hydrogen) atoms. The van der Waals surface area contributed by atoms with E-state index in [4.69, 9.17) is 0 Å². The summed E-state index contributed by atoms with van der Waals surface area (Å²) in [6.07, 6.45) is 1.02. The van der Waals surface area contributed by atoms with E-state index in [0.717, 1.165) is 28.1 Å². The number of hydrogen-bond donors (Lipinski definition) is 1. The van der Waals surface area contributed by atoms with Crippen molar-refractivity contribution in [2.24, 2.45) is 0 Å². The van der Waals surface area contributed by atoms with E-state index in [0.29, 0.717) is 16.9 Å². The number of hydrogen-bond acceptors (Lipinski definition) is 3.